The summed E-state index contributed by atoms with van der Waals surface area (Å²) in [6.07, 6.45) is 2.70. The number of nitrogens with zero attached hydrogens (tertiary/aromatic N) is 2. The molecule has 0 aromatic heterocycles. The first-order chi connectivity index (χ1) is 15.9. The minimum atomic E-state index is -0.580. The van der Waals surface area contributed by atoms with Gasteiger partial charge in [-0.25, -0.2) is 0 Å². The van der Waals surface area contributed by atoms with Gasteiger partial charge < -0.3 is 24.2 Å². The molecule has 0 unspecified atom stereocenters. The smallest absolute Gasteiger partial charge is 0.268 e. The molecule has 2 aromatic rings. The van der Waals surface area contributed by atoms with Crippen molar-refractivity contribution in [1.29, 1.82) is 0 Å². The molecule has 2 saturated heterocycles. The highest BCUT2D eigenvalue weighted by Crippen LogP contribution is 2.40. The third kappa shape index (κ3) is 4.94. The summed E-state index contributed by atoms with van der Waals surface area (Å²) >= 11 is 0. The van der Waals surface area contributed by atoms with Crippen molar-refractivity contribution >= 4 is 11.6 Å². The SMILES string of the molecule is COc1cc(N2CC[C@H](Oc3ccc(C4CC4)cc3)C2=O)ccc1OCCN1CC(C)(O)C1. The Bertz CT molecular complexity index is 994. The predicted octanol–water partition coefficient (Wildman–Crippen LogP) is 3.20. The first-order valence-corrected chi connectivity index (χ1v) is 11.8. The van der Waals surface area contributed by atoms with Gasteiger partial charge in [-0.1, -0.05) is 12.1 Å². The maximum Gasteiger partial charge on any atom is 0.268 e. The Morgan fingerprint density at radius 3 is 2.48 bits per heavy atom. The lowest BCUT2D eigenvalue weighted by atomic mass is 9.97. The number of anilines is 1. The number of amides is 1. The van der Waals surface area contributed by atoms with Crippen LogP contribution in [0.15, 0.2) is 42.5 Å². The number of methoxy groups -OCH3 is 1. The minimum absolute atomic E-state index is 0.0400. The van der Waals surface area contributed by atoms with E-state index in [1.54, 1.807) is 12.0 Å². The fraction of sp³-hybridized carbons (Fsp3) is 0.500. The molecule has 33 heavy (non-hydrogen) atoms. The van der Waals surface area contributed by atoms with Crippen LogP contribution in [0.3, 0.4) is 0 Å². The van der Waals surface area contributed by atoms with E-state index in [2.05, 4.69) is 17.0 Å². The number of rotatable bonds is 9. The van der Waals surface area contributed by atoms with Crippen LogP contribution in [-0.2, 0) is 4.79 Å². The quantitative estimate of drug-likeness (QED) is 0.630. The maximum atomic E-state index is 13.0. The van der Waals surface area contributed by atoms with Gasteiger partial charge in [-0.05, 0) is 55.5 Å². The molecule has 3 aliphatic rings. The Labute approximate surface area is 194 Å². The van der Waals surface area contributed by atoms with Crippen LogP contribution < -0.4 is 19.1 Å². The monoisotopic (exact) mass is 452 g/mol. The van der Waals surface area contributed by atoms with Crippen LogP contribution in [0.1, 0.15) is 37.7 Å². The van der Waals surface area contributed by atoms with Crippen LogP contribution >= 0.6 is 0 Å². The Hall–Kier alpha value is -2.77. The standard InChI is InChI=1S/C26H32N2O5/c1-26(30)16-27(17-26)13-14-32-22-10-7-20(15-24(22)31-2)28-12-11-23(25(28)29)33-21-8-5-19(6-9-21)18-3-4-18/h5-10,15,18,23,30H,3-4,11-14,16-17H2,1-2H3/t23-/m0/s1. The van der Waals surface area contributed by atoms with Gasteiger partial charge in [0, 0.05) is 44.4 Å². The van der Waals surface area contributed by atoms with Crippen molar-refractivity contribution in [2.75, 3.05) is 44.8 Å². The number of carbonyl (C=O) groups is 1. The lowest BCUT2D eigenvalue weighted by Crippen LogP contribution is -2.60. The zero-order chi connectivity index (χ0) is 23.0. The molecule has 1 amide bonds. The number of hydrogen-bond donors (Lipinski definition) is 1. The molecule has 1 saturated carbocycles. The van der Waals surface area contributed by atoms with Gasteiger partial charge in [-0.15, -0.1) is 0 Å². The first-order valence-electron chi connectivity index (χ1n) is 11.8. The number of benzene rings is 2. The number of carbonyl (C=O) groups excluding carboxylic acids is 1. The van der Waals surface area contributed by atoms with Gasteiger partial charge >= 0.3 is 0 Å². The van der Waals surface area contributed by atoms with Gasteiger partial charge in [0.05, 0.1) is 12.7 Å². The molecule has 5 rings (SSSR count). The van der Waals surface area contributed by atoms with Crippen molar-refractivity contribution in [3.63, 3.8) is 0 Å². The molecule has 0 bridgehead atoms. The van der Waals surface area contributed by atoms with E-state index in [1.807, 2.05) is 37.3 Å². The second-order valence-electron chi connectivity index (χ2n) is 9.62. The third-order valence-electron chi connectivity index (χ3n) is 6.62. The van der Waals surface area contributed by atoms with Crippen LogP contribution in [0.2, 0.25) is 0 Å². The third-order valence-corrected chi connectivity index (χ3v) is 6.62. The van der Waals surface area contributed by atoms with Crippen LogP contribution in [0.25, 0.3) is 0 Å². The summed E-state index contributed by atoms with van der Waals surface area (Å²) in [5.74, 6) is 2.64. The number of aliphatic hydroxyl groups is 1. The van der Waals surface area contributed by atoms with E-state index < -0.39 is 11.7 Å². The highest BCUT2D eigenvalue weighted by Gasteiger charge is 2.36. The summed E-state index contributed by atoms with van der Waals surface area (Å²) in [5.41, 5.74) is 1.55. The summed E-state index contributed by atoms with van der Waals surface area (Å²) in [6.45, 7) is 5.01. The van der Waals surface area contributed by atoms with E-state index in [9.17, 15) is 9.90 Å². The van der Waals surface area contributed by atoms with Crippen molar-refractivity contribution < 1.29 is 24.1 Å². The van der Waals surface area contributed by atoms with E-state index in [0.717, 1.165) is 18.0 Å². The predicted molar refractivity (Wildman–Crippen MR) is 125 cm³/mol. The van der Waals surface area contributed by atoms with Crippen LogP contribution in [0, 0.1) is 0 Å². The highest BCUT2D eigenvalue weighted by atomic mass is 16.5. The van der Waals surface area contributed by atoms with Gasteiger partial charge in [0.2, 0.25) is 0 Å². The van der Waals surface area contributed by atoms with Crippen molar-refractivity contribution in [2.24, 2.45) is 0 Å². The van der Waals surface area contributed by atoms with Crippen LogP contribution in [0.5, 0.6) is 17.2 Å². The van der Waals surface area contributed by atoms with Crippen molar-refractivity contribution in [2.45, 2.75) is 43.8 Å². The van der Waals surface area contributed by atoms with E-state index in [-0.39, 0.29) is 5.91 Å². The average Bonchev–Trinajstić information content (AvgIpc) is 3.57. The molecule has 0 radical (unpaired) electrons. The first kappa shape index (κ1) is 22.0. The molecule has 2 heterocycles. The molecule has 1 atom stereocenters. The molecule has 7 heteroatoms. The summed E-state index contributed by atoms with van der Waals surface area (Å²) < 4.78 is 17.4. The van der Waals surface area contributed by atoms with Gasteiger partial charge in [-0.2, -0.15) is 0 Å². The number of likely N-dealkylation sites (tertiary alicyclic amines) is 1. The normalized spacial score (nSPS) is 22.2. The summed E-state index contributed by atoms with van der Waals surface area (Å²) in [5, 5.41) is 9.83. The van der Waals surface area contributed by atoms with Gasteiger partial charge in [-0.3, -0.25) is 9.69 Å². The van der Waals surface area contributed by atoms with Crippen molar-refractivity contribution in [1.82, 2.24) is 4.90 Å². The van der Waals surface area contributed by atoms with Crippen LogP contribution in [0.4, 0.5) is 5.69 Å². The highest BCUT2D eigenvalue weighted by molar-refractivity contribution is 5.99. The molecule has 1 aliphatic carbocycles. The molecule has 176 valence electrons. The van der Waals surface area contributed by atoms with Gasteiger partial charge in [0.15, 0.2) is 17.6 Å². The number of hydrogen-bond acceptors (Lipinski definition) is 6. The fourth-order valence-electron chi connectivity index (χ4n) is 4.72. The lowest BCUT2D eigenvalue weighted by molar-refractivity contribution is -0.122. The van der Waals surface area contributed by atoms with Gasteiger partial charge in [0.25, 0.3) is 5.91 Å². The molecule has 7 nitrogen and oxygen atoms in total. The van der Waals surface area contributed by atoms with E-state index >= 15 is 0 Å². The van der Waals surface area contributed by atoms with E-state index in [0.29, 0.717) is 50.1 Å². The summed E-state index contributed by atoms with van der Waals surface area (Å²) in [7, 11) is 1.60. The van der Waals surface area contributed by atoms with E-state index in [1.165, 1.54) is 18.4 Å². The molecule has 2 aromatic carbocycles. The van der Waals surface area contributed by atoms with Crippen molar-refractivity contribution in [3.05, 3.63) is 48.0 Å². The Kier molecular flexibility index (Phi) is 5.93. The molecule has 2 aliphatic heterocycles. The lowest BCUT2D eigenvalue weighted by Gasteiger charge is -2.44. The Morgan fingerprint density at radius 1 is 1.06 bits per heavy atom. The summed E-state index contributed by atoms with van der Waals surface area (Å²) in [4.78, 5) is 16.9. The largest absolute Gasteiger partial charge is 0.493 e. The summed E-state index contributed by atoms with van der Waals surface area (Å²) in [6, 6.07) is 13.7. The molecule has 0 spiro atoms. The second kappa shape index (κ2) is 8.88. The fourth-order valence-corrected chi connectivity index (χ4v) is 4.72. The molecule has 1 N–H and O–H groups in total. The Balaban J connectivity index is 1.17. The molecular weight excluding hydrogens is 420 g/mol. The number of ether oxygens (including phenoxy) is 3. The van der Waals surface area contributed by atoms with E-state index in [4.69, 9.17) is 14.2 Å². The zero-order valence-electron chi connectivity index (χ0n) is 19.3. The van der Waals surface area contributed by atoms with Crippen molar-refractivity contribution in [3.8, 4) is 17.2 Å². The molecular formula is C26H32N2O5. The topological polar surface area (TPSA) is 71.5 Å². The minimum Gasteiger partial charge on any atom is -0.493 e. The van der Waals surface area contributed by atoms with Gasteiger partial charge in [0.1, 0.15) is 12.4 Å². The molecule has 3 fully saturated rings. The number of β-amino-alcohol motifs (C(OH)–C–C–N with tert-alkyl or cyclic N) is 1. The average molecular weight is 453 g/mol. The zero-order valence-corrected chi connectivity index (χ0v) is 19.3. The maximum absolute atomic E-state index is 13.0. The second-order valence-corrected chi connectivity index (χ2v) is 9.62. The van der Waals surface area contributed by atoms with Crippen LogP contribution in [-0.4, -0.2) is 67.5 Å². The Morgan fingerprint density at radius 2 is 1.82 bits per heavy atom.